The lowest BCUT2D eigenvalue weighted by Crippen LogP contribution is -2.35. The second-order valence-corrected chi connectivity index (χ2v) is 8.16. The number of carbonyl (C=O) groups excluding carboxylic acids is 2. The summed E-state index contributed by atoms with van der Waals surface area (Å²) in [6.07, 6.45) is 1.56. The average Bonchev–Trinajstić information content (AvgIpc) is 2.65. The minimum absolute atomic E-state index is 0.125. The summed E-state index contributed by atoms with van der Waals surface area (Å²) in [5, 5.41) is 2.73. The Labute approximate surface area is 159 Å². The maximum absolute atomic E-state index is 12.3. The Kier molecular flexibility index (Phi) is 7.12. The number of nitrogens with one attached hydrogen (secondary N) is 1. The third-order valence-electron chi connectivity index (χ3n) is 4.00. The van der Waals surface area contributed by atoms with E-state index in [1.54, 1.807) is 6.92 Å². The number of sulfone groups is 1. The van der Waals surface area contributed by atoms with Crippen molar-refractivity contribution in [3.63, 3.8) is 0 Å². The molecular weight excluding hydrogens is 366 g/mol. The second-order valence-electron chi connectivity index (χ2n) is 6.15. The second kappa shape index (κ2) is 9.32. The van der Waals surface area contributed by atoms with E-state index in [9.17, 15) is 18.0 Å². The fraction of sp³-hybridized carbons (Fsp3) is 0.300. The summed E-state index contributed by atoms with van der Waals surface area (Å²) in [7, 11) is -3.32. The van der Waals surface area contributed by atoms with Gasteiger partial charge in [-0.1, -0.05) is 30.3 Å². The van der Waals surface area contributed by atoms with Gasteiger partial charge in [0.1, 0.15) is 0 Å². The van der Waals surface area contributed by atoms with Crippen LogP contribution in [0.2, 0.25) is 0 Å². The highest BCUT2D eigenvalue weighted by Gasteiger charge is 2.21. The number of carbonyl (C=O) groups is 2. The van der Waals surface area contributed by atoms with Crippen molar-refractivity contribution in [3.8, 4) is 0 Å². The van der Waals surface area contributed by atoms with Gasteiger partial charge in [0, 0.05) is 18.4 Å². The predicted molar refractivity (Wildman–Crippen MR) is 102 cm³/mol. The van der Waals surface area contributed by atoms with Gasteiger partial charge in [0.25, 0.3) is 5.91 Å². The van der Waals surface area contributed by atoms with Crippen molar-refractivity contribution in [2.24, 2.45) is 5.92 Å². The monoisotopic (exact) mass is 389 g/mol. The molecule has 1 N–H and O–H groups in total. The minimum Gasteiger partial charge on any atom is -0.466 e. The molecule has 0 aliphatic rings. The van der Waals surface area contributed by atoms with Crippen LogP contribution in [-0.4, -0.2) is 39.7 Å². The third kappa shape index (κ3) is 6.21. The minimum atomic E-state index is -3.32. The Morgan fingerprint density at radius 1 is 1.04 bits per heavy atom. The molecule has 0 bridgehead atoms. The fourth-order valence-electron chi connectivity index (χ4n) is 2.57. The Balaban J connectivity index is 2.04. The normalized spacial score (nSPS) is 12.2. The standard InChI is InChI=1S/C20H23NO5S/c1-3-26-20(23)17(13-15-7-5-4-6-8-15)14-21-19(22)16-9-11-18(12-10-16)27(2,24)25/h4-12,17H,3,13-14H2,1-2H3,(H,21,22). The van der Waals surface area contributed by atoms with E-state index in [0.717, 1.165) is 11.8 Å². The van der Waals surface area contributed by atoms with Gasteiger partial charge in [-0.3, -0.25) is 9.59 Å². The summed E-state index contributed by atoms with van der Waals surface area (Å²) in [6, 6.07) is 15.2. The van der Waals surface area contributed by atoms with Gasteiger partial charge in [0.2, 0.25) is 0 Å². The van der Waals surface area contributed by atoms with Gasteiger partial charge < -0.3 is 10.1 Å². The number of amides is 1. The van der Waals surface area contributed by atoms with Gasteiger partial charge in [0.05, 0.1) is 17.4 Å². The van der Waals surface area contributed by atoms with E-state index in [1.807, 2.05) is 30.3 Å². The molecular formula is C20H23NO5S. The number of ether oxygens (including phenoxy) is 1. The molecule has 0 saturated heterocycles. The molecule has 0 aliphatic heterocycles. The topological polar surface area (TPSA) is 89.5 Å². The summed E-state index contributed by atoms with van der Waals surface area (Å²) in [5.41, 5.74) is 1.30. The summed E-state index contributed by atoms with van der Waals surface area (Å²) >= 11 is 0. The number of hydrogen-bond donors (Lipinski definition) is 1. The Morgan fingerprint density at radius 3 is 2.22 bits per heavy atom. The van der Waals surface area contributed by atoms with Gasteiger partial charge in [-0.05, 0) is 43.2 Å². The van der Waals surface area contributed by atoms with E-state index in [-0.39, 0.29) is 29.9 Å². The largest absolute Gasteiger partial charge is 0.466 e. The van der Waals surface area contributed by atoms with Crippen LogP contribution in [0.5, 0.6) is 0 Å². The summed E-state index contributed by atoms with van der Waals surface area (Å²) < 4.78 is 28.1. The van der Waals surface area contributed by atoms with Crippen LogP contribution in [0.1, 0.15) is 22.8 Å². The van der Waals surface area contributed by atoms with E-state index in [0.29, 0.717) is 12.0 Å². The molecule has 0 fully saturated rings. The zero-order chi connectivity index (χ0) is 19.9. The first-order valence-electron chi connectivity index (χ1n) is 8.60. The molecule has 6 nitrogen and oxygen atoms in total. The SMILES string of the molecule is CCOC(=O)C(CNC(=O)c1ccc(S(C)(=O)=O)cc1)Cc1ccccc1. The lowest BCUT2D eigenvalue weighted by atomic mass is 9.99. The summed E-state index contributed by atoms with van der Waals surface area (Å²) in [5.74, 6) is -1.25. The van der Waals surface area contributed by atoms with Crippen molar-refractivity contribution in [2.45, 2.75) is 18.2 Å². The molecule has 7 heteroatoms. The van der Waals surface area contributed by atoms with E-state index in [2.05, 4.69) is 5.32 Å². The first kappa shape index (κ1) is 20.6. The highest BCUT2D eigenvalue weighted by molar-refractivity contribution is 7.90. The fourth-order valence-corrected chi connectivity index (χ4v) is 3.20. The van der Waals surface area contributed by atoms with Crippen molar-refractivity contribution in [1.82, 2.24) is 5.32 Å². The van der Waals surface area contributed by atoms with Crippen LogP contribution in [-0.2, 0) is 25.8 Å². The van der Waals surface area contributed by atoms with Crippen LogP contribution >= 0.6 is 0 Å². The molecule has 27 heavy (non-hydrogen) atoms. The van der Waals surface area contributed by atoms with Gasteiger partial charge in [-0.15, -0.1) is 0 Å². The maximum Gasteiger partial charge on any atom is 0.311 e. The lowest BCUT2D eigenvalue weighted by Gasteiger charge is -2.16. The molecule has 0 spiro atoms. The van der Waals surface area contributed by atoms with Gasteiger partial charge >= 0.3 is 5.97 Å². The molecule has 0 saturated carbocycles. The van der Waals surface area contributed by atoms with Crippen molar-refractivity contribution in [2.75, 3.05) is 19.4 Å². The Hall–Kier alpha value is -2.67. The van der Waals surface area contributed by atoms with Crippen molar-refractivity contribution in [1.29, 1.82) is 0 Å². The maximum atomic E-state index is 12.3. The first-order chi connectivity index (χ1) is 12.8. The number of esters is 1. The zero-order valence-corrected chi connectivity index (χ0v) is 16.2. The van der Waals surface area contributed by atoms with E-state index in [4.69, 9.17) is 4.74 Å². The summed E-state index contributed by atoms with van der Waals surface area (Å²) in [6.45, 7) is 2.13. The molecule has 2 aromatic carbocycles. The molecule has 1 unspecified atom stereocenters. The van der Waals surface area contributed by atoms with Crippen LogP contribution in [0.4, 0.5) is 0 Å². The molecule has 1 atom stereocenters. The highest BCUT2D eigenvalue weighted by Crippen LogP contribution is 2.12. The van der Waals surface area contributed by atoms with Crippen LogP contribution in [0, 0.1) is 5.92 Å². The third-order valence-corrected chi connectivity index (χ3v) is 5.13. The predicted octanol–water partition coefficient (Wildman–Crippen LogP) is 2.24. The average molecular weight is 389 g/mol. The van der Waals surface area contributed by atoms with E-state index >= 15 is 0 Å². The van der Waals surface area contributed by atoms with Crippen molar-refractivity contribution in [3.05, 3.63) is 65.7 Å². The van der Waals surface area contributed by atoms with Crippen molar-refractivity contribution < 1.29 is 22.7 Å². The molecule has 2 aromatic rings. The van der Waals surface area contributed by atoms with Gasteiger partial charge in [0.15, 0.2) is 9.84 Å². The number of benzene rings is 2. The lowest BCUT2D eigenvalue weighted by molar-refractivity contribution is -0.147. The Bertz CT molecular complexity index is 876. The quantitative estimate of drug-likeness (QED) is 0.700. The first-order valence-corrected chi connectivity index (χ1v) is 10.5. The van der Waals surface area contributed by atoms with Crippen LogP contribution in [0.25, 0.3) is 0 Å². The van der Waals surface area contributed by atoms with E-state index in [1.165, 1.54) is 24.3 Å². The summed E-state index contributed by atoms with van der Waals surface area (Å²) in [4.78, 5) is 24.7. The van der Waals surface area contributed by atoms with Gasteiger partial charge in [-0.25, -0.2) is 8.42 Å². The van der Waals surface area contributed by atoms with Gasteiger partial charge in [-0.2, -0.15) is 0 Å². The van der Waals surface area contributed by atoms with Crippen molar-refractivity contribution >= 4 is 21.7 Å². The van der Waals surface area contributed by atoms with E-state index < -0.39 is 15.8 Å². The molecule has 2 rings (SSSR count). The Morgan fingerprint density at radius 2 is 1.67 bits per heavy atom. The zero-order valence-electron chi connectivity index (χ0n) is 15.3. The smallest absolute Gasteiger partial charge is 0.311 e. The number of hydrogen-bond acceptors (Lipinski definition) is 5. The molecule has 1 amide bonds. The van der Waals surface area contributed by atoms with Crippen LogP contribution in [0.3, 0.4) is 0 Å². The molecule has 0 heterocycles. The van der Waals surface area contributed by atoms with Crippen LogP contribution in [0.15, 0.2) is 59.5 Å². The number of rotatable bonds is 8. The highest BCUT2D eigenvalue weighted by atomic mass is 32.2. The molecule has 144 valence electrons. The van der Waals surface area contributed by atoms with Crippen LogP contribution < -0.4 is 5.32 Å². The molecule has 0 aromatic heterocycles. The molecule has 0 aliphatic carbocycles. The molecule has 0 radical (unpaired) electrons.